The summed E-state index contributed by atoms with van der Waals surface area (Å²) in [6.07, 6.45) is 1.77. The lowest BCUT2D eigenvalue weighted by atomic mass is 10.1. The second-order valence-corrected chi connectivity index (χ2v) is 5.47. The number of primary amides is 1. The molecule has 138 valence electrons. The van der Waals surface area contributed by atoms with Crippen molar-refractivity contribution >= 4 is 17.6 Å². The molecule has 2 rings (SSSR count). The van der Waals surface area contributed by atoms with Crippen molar-refractivity contribution in [2.75, 3.05) is 25.6 Å². The Labute approximate surface area is 151 Å². The number of methoxy groups -OCH3 is 1. The molecule has 0 aliphatic rings. The van der Waals surface area contributed by atoms with E-state index in [0.717, 1.165) is 5.56 Å². The highest BCUT2D eigenvalue weighted by atomic mass is 16.5. The second kappa shape index (κ2) is 10.00. The van der Waals surface area contributed by atoms with Crippen LogP contribution in [0.4, 0.5) is 10.5 Å². The van der Waals surface area contributed by atoms with Gasteiger partial charge >= 0.3 is 6.03 Å². The van der Waals surface area contributed by atoms with Gasteiger partial charge in [0.05, 0.1) is 18.5 Å². The molecule has 1 unspecified atom stereocenters. The average Bonchev–Trinajstić information content (AvgIpc) is 2.63. The maximum atomic E-state index is 12.1. The van der Waals surface area contributed by atoms with Gasteiger partial charge in [0.2, 0.25) is 11.8 Å². The van der Waals surface area contributed by atoms with Gasteiger partial charge in [0.15, 0.2) is 0 Å². The van der Waals surface area contributed by atoms with Crippen molar-refractivity contribution in [3.8, 4) is 5.88 Å². The van der Waals surface area contributed by atoms with Crippen molar-refractivity contribution in [3.05, 3.63) is 54.2 Å². The fourth-order valence-electron chi connectivity index (χ4n) is 2.17. The molecule has 0 spiro atoms. The highest BCUT2D eigenvalue weighted by molar-refractivity contribution is 5.93. The first-order valence-electron chi connectivity index (χ1n) is 8.07. The van der Waals surface area contributed by atoms with Gasteiger partial charge < -0.3 is 25.8 Å². The van der Waals surface area contributed by atoms with E-state index in [-0.39, 0.29) is 0 Å². The standard InChI is InChI=1S/C18H22N4O4/c1-25-9-10-26-16-8-7-14(12-20-16)21-18(24)22-15(17(19)23)11-13-5-3-2-4-6-13/h2-8,12,15H,9-11H2,1H3,(H2,19,23)(H2,21,22,24). The van der Waals surface area contributed by atoms with Gasteiger partial charge in [0.1, 0.15) is 12.6 Å². The Bertz CT molecular complexity index is 707. The summed E-state index contributed by atoms with van der Waals surface area (Å²) in [5.74, 6) is -0.184. The molecule has 26 heavy (non-hydrogen) atoms. The zero-order chi connectivity index (χ0) is 18.8. The monoisotopic (exact) mass is 358 g/mol. The molecule has 2 aromatic rings. The van der Waals surface area contributed by atoms with Crippen LogP contribution in [0.15, 0.2) is 48.7 Å². The first-order valence-corrected chi connectivity index (χ1v) is 8.07. The average molecular weight is 358 g/mol. The third-order valence-electron chi connectivity index (χ3n) is 3.46. The number of urea groups is 1. The summed E-state index contributed by atoms with van der Waals surface area (Å²) in [6, 6.07) is 11.2. The van der Waals surface area contributed by atoms with E-state index in [2.05, 4.69) is 15.6 Å². The lowest BCUT2D eigenvalue weighted by Crippen LogP contribution is -2.47. The number of ether oxygens (including phenoxy) is 2. The summed E-state index contributed by atoms with van der Waals surface area (Å²) in [5.41, 5.74) is 6.74. The molecule has 0 radical (unpaired) electrons. The largest absolute Gasteiger partial charge is 0.475 e. The van der Waals surface area contributed by atoms with Gasteiger partial charge in [0, 0.05) is 19.6 Å². The van der Waals surface area contributed by atoms with Crippen LogP contribution < -0.4 is 21.1 Å². The minimum atomic E-state index is -0.818. The minimum absolute atomic E-state index is 0.314. The topological polar surface area (TPSA) is 116 Å². The number of amides is 3. The number of hydrogen-bond donors (Lipinski definition) is 3. The highest BCUT2D eigenvalue weighted by Crippen LogP contribution is 2.11. The first kappa shape index (κ1) is 19.2. The van der Waals surface area contributed by atoms with E-state index in [9.17, 15) is 9.59 Å². The van der Waals surface area contributed by atoms with Gasteiger partial charge in [-0.1, -0.05) is 30.3 Å². The molecule has 0 saturated heterocycles. The predicted octanol–water partition coefficient (Wildman–Crippen LogP) is 1.32. The van der Waals surface area contributed by atoms with E-state index < -0.39 is 18.0 Å². The molecule has 0 fully saturated rings. The smallest absolute Gasteiger partial charge is 0.319 e. The highest BCUT2D eigenvalue weighted by Gasteiger charge is 2.18. The number of anilines is 1. The minimum Gasteiger partial charge on any atom is -0.475 e. The first-order chi connectivity index (χ1) is 12.6. The molecular weight excluding hydrogens is 336 g/mol. The fourth-order valence-corrected chi connectivity index (χ4v) is 2.17. The molecule has 1 aromatic carbocycles. The lowest BCUT2D eigenvalue weighted by Gasteiger charge is -2.16. The number of carbonyl (C=O) groups is 2. The third-order valence-corrected chi connectivity index (χ3v) is 3.46. The predicted molar refractivity (Wildman–Crippen MR) is 96.9 cm³/mol. The van der Waals surface area contributed by atoms with Crippen molar-refractivity contribution in [1.29, 1.82) is 0 Å². The van der Waals surface area contributed by atoms with Gasteiger partial charge in [-0.3, -0.25) is 4.79 Å². The lowest BCUT2D eigenvalue weighted by molar-refractivity contribution is -0.119. The number of aromatic nitrogens is 1. The van der Waals surface area contributed by atoms with E-state index in [4.69, 9.17) is 15.2 Å². The molecule has 4 N–H and O–H groups in total. The van der Waals surface area contributed by atoms with Crippen molar-refractivity contribution in [3.63, 3.8) is 0 Å². The van der Waals surface area contributed by atoms with E-state index in [1.165, 1.54) is 6.20 Å². The Balaban J connectivity index is 1.88. The molecule has 0 aliphatic carbocycles. The fraction of sp³-hybridized carbons (Fsp3) is 0.278. The summed E-state index contributed by atoms with van der Waals surface area (Å²) in [7, 11) is 1.58. The molecule has 8 heteroatoms. The summed E-state index contributed by atoms with van der Waals surface area (Å²) >= 11 is 0. The van der Waals surface area contributed by atoms with Crippen LogP contribution in [0.3, 0.4) is 0 Å². The van der Waals surface area contributed by atoms with Crippen molar-refractivity contribution in [2.45, 2.75) is 12.5 Å². The van der Waals surface area contributed by atoms with Crippen molar-refractivity contribution in [2.24, 2.45) is 5.73 Å². The maximum Gasteiger partial charge on any atom is 0.319 e. The molecule has 0 bridgehead atoms. The Morgan fingerprint density at radius 1 is 1.15 bits per heavy atom. The molecule has 3 amide bonds. The molecule has 8 nitrogen and oxygen atoms in total. The Morgan fingerprint density at radius 2 is 1.92 bits per heavy atom. The Morgan fingerprint density at radius 3 is 2.54 bits per heavy atom. The number of nitrogens with two attached hydrogens (primary N) is 1. The molecule has 0 aliphatic heterocycles. The number of rotatable bonds is 9. The molecular formula is C18H22N4O4. The SMILES string of the molecule is COCCOc1ccc(NC(=O)NC(Cc2ccccc2)C(N)=O)cn1. The zero-order valence-electron chi connectivity index (χ0n) is 14.5. The Kier molecular flexibility index (Phi) is 7.38. The van der Waals surface area contributed by atoms with Crippen molar-refractivity contribution < 1.29 is 19.1 Å². The van der Waals surface area contributed by atoms with Crippen LogP contribution in [-0.4, -0.2) is 43.3 Å². The maximum absolute atomic E-state index is 12.1. The summed E-state index contributed by atoms with van der Waals surface area (Å²) in [4.78, 5) is 27.8. The number of hydrogen-bond acceptors (Lipinski definition) is 5. The van der Waals surface area contributed by atoms with E-state index in [1.54, 1.807) is 19.2 Å². The number of nitrogens with one attached hydrogen (secondary N) is 2. The molecule has 1 atom stereocenters. The summed E-state index contributed by atoms with van der Waals surface area (Å²) in [5, 5.41) is 5.18. The third kappa shape index (κ3) is 6.40. The molecule has 0 saturated carbocycles. The van der Waals surface area contributed by atoms with Crippen LogP contribution >= 0.6 is 0 Å². The van der Waals surface area contributed by atoms with Crippen molar-refractivity contribution in [1.82, 2.24) is 10.3 Å². The summed E-state index contributed by atoms with van der Waals surface area (Å²) in [6.45, 7) is 0.844. The number of carbonyl (C=O) groups excluding carboxylic acids is 2. The van der Waals surface area contributed by atoms with E-state index >= 15 is 0 Å². The van der Waals surface area contributed by atoms with Crippen LogP contribution in [0.2, 0.25) is 0 Å². The van der Waals surface area contributed by atoms with E-state index in [1.807, 2.05) is 30.3 Å². The second-order valence-electron chi connectivity index (χ2n) is 5.47. The summed E-state index contributed by atoms with van der Waals surface area (Å²) < 4.78 is 10.2. The quantitative estimate of drug-likeness (QED) is 0.585. The number of nitrogens with zero attached hydrogens (tertiary/aromatic N) is 1. The number of pyridine rings is 1. The number of benzene rings is 1. The van der Waals surface area contributed by atoms with Gasteiger partial charge in [-0.2, -0.15) is 0 Å². The van der Waals surface area contributed by atoms with Crippen LogP contribution in [-0.2, 0) is 16.0 Å². The van der Waals surface area contributed by atoms with Gasteiger partial charge in [-0.05, 0) is 11.6 Å². The molecule has 1 heterocycles. The normalized spacial score (nSPS) is 11.4. The van der Waals surface area contributed by atoms with Gasteiger partial charge in [-0.15, -0.1) is 0 Å². The van der Waals surface area contributed by atoms with Gasteiger partial charge in [-0.25, -0.2) is 9.78 Å². The van der Waals surface area contributed by atoms with E-state index in [0.29, 0.717) is 31.2 Å². The van der Waals surface area contributed by atoms with Crippen LogP contribution in [0.5, 0.6) is 5.88 Å². The van der Waals surface area contributed by atoms with Gasteiger partial charge in [0.25, 0.3) is 0 Å². The van der Waals surface area contributed by atoms with Crippen LogP contribution in [0.1, 0.15) is 5.56 Å². The zero-order valence-corrected chi connectivity index (χ0v) is 14.5. The Hall–Kier alpha value is -3.13. The van der Waals surface area contributed by atoms with Crippen LogP contribution in [0, 0.1) is 0 Å². The molecule has 1 aromatic heterocycles. The van der Waals surface area contributed by atoms with Crippen LogP contribution in [0.25, 0.3) is 0 Å².